The van der Waals surface area contributed by atoms with Crippen LogP contribution in [-0.2, 0) is 13.3 Å². The summed E-state index contributed by atoms with van der Waals surface area (Å²) in [5.41, 5.74) is 0. The van der Waals surface area contributed by atoms with Gasteiger partial charge in [0.25, 0.3) is 0 Å². The minimum absolute atomic E-state index is 0.146. The lowest BCUT2D eigenvalue weighted by atomic mass is 10.3. The minimum atomic E-state index is -2.76. The summed E-state index contributed by atoms with van der Waals surface area (Å²) >= 11 is 18.2. The second kappa shape index (κ2) is 14.0. The van der Waals surface area contributed by atoms with Crippen LogP contribution in [0.2, 0.25) is 21.1 Å². The molecule has 182 valence electrons. The molecule has 0 saturated carbocycles. The molecule has 1 N–H and O–H groups in total. The van der Waals surface area contributed by atoms with Gasteiger partial charge in [-0.1, -0.05) is 34.8 Å². The van der Waals surface area contributed by atoms with Crippen molar-refractivity contribution in [2.75, 3.05) is 26.4 Å². The van der Waals surface area contributed by atoms with Gasteiger partial charge in [0.05, 0.1) is 5.02 Å². The van der Waals surface area contributed by atoms with Gasteiger partial charge in [-0.25, -0.2) is 4.79 Å². The van der Waals surface area contributed by atoms with Gasteiger partial charge in [0.2, 0.25) is 0 Å². The molecule has 0 radical (unpaired) electrons. The van der Waals surface area contributed by atoms with Crippen molar-refractivity contribution in [2.45, 2.75) is 33.2 Å². The molecule has 1 amide bonds. The first-order valence-electron chi connectivity index (χ1n) is 10.6. The van der Waals surface area contributed by atoms with Crippen molar-refractivity contribution in [2.24, 2.45) is 0 Å². The predicted molar refractivity (Wildman–Crippen MR) is 132 cm³/mol. The molecule has 0 unspecified atom stereocenters. The number of rotatable bonds is 13. The van der Waals surface area contributed by atoms with Gasteiger partial charge in [0, 0.05) is 48.5 Å². The van der Waals surface area contributed by atoms with Crippen LogP contribution < -0.4 is 14.8 Å². The highest BCUT2D eigenvalue weighted by Gasteiger charge is 2.39. The van der Waals surface area contributed by atoms with E-state index in [4.69, 9.17) is 57.6 Å². The third-order valence-corrected chi connectivity index (χ3v) is 8.16. The van der Waals surface area contributed by atoms with E-state index in [0.717, 1.165) is 0 Å². The molecule has 0 atom stereocenters. The summed E-state index contributed by atoms with van der Waals surface area (Å²) < 4.78 is 28.7. The lowest BCUT2D eigenvalue weighted by Crippen LogP contribution is -2.46. The number of halogens is 3. The maximum atomic E-state index is 12.4. The van der Waals surface area contributed by atoms with Crippen molar-refractivity contribution in [3.63, 3.8) is 0 Å². The Bertz CT molecular complexity index is 901. The normalized spacial score (nSPS) is 11.3. The summed E-state index contributed by atoms with van der Waals surface area (Å²) in [7, 11) is -2.76. The summed E-state index contributed by atoms with van der Waals surface area (Å²) in [6.07, 6.45) is -0.0542. The van der Waals surface area contributed by atoms with Crippen LogP contribution in [0.5, 0.6) is 17.2 Å². The number of ether oxygens (including phenoxy) is 2. The molecule has 11 heteroatoms. The first-order valence-corrected chi connectivity index (χ1v) is 13.7. The van der Waals surface area contributed by atoms with E-state index in [0.29, 0.717) is 59.6 Å². The van der Waals surface area contributed by atoms with Crippen LogP contribution in [0.15, 0.2) is 36.4 Å². The van der Waals surface area contributed by atoms with Gasteiger partial charge in [-0.05, 0) is 57.5 Å². The Morgan fingerprint density at radius 3 is 2.00 bits per heavy atom. The molecule has 0 aliphatic carbocycles. The van der Waals surface area contributed by atoms with Crippen molar-refractivity contribution >= 4 is 49.7 Å². The van der Waals surface area contributed by atoms with E-state index in [1.165, 1.54) is 6.07 Å². The summed E-state index contributed by atoms with van der Waals surface area (Å²) in [6.45, 7) is 7.54. The molecule has 2 rings (SSSR count). The first-order chi connectivity index (χ1) is 15.8. The van der Waals surface area contributed by atoms with Crippen molar-refractivity contribution in [1.82, 2.24) is 5.32 Å². The molecule has 33 heavy (non-hydrogen) atoms. The summed E-state index contributed by atoms with van der Waals surface area (Å²) in [6, 6.07) is 10.1. The number of hydrogen-bond donors (Lipinski definition) is 1. The highest BCUT2D eigenvalue weighted by Crippen LogP contribution is 2.37. The Morgan fingerprint density at radius 1 is 0.848 bits per heavy atom. The van der Waals surface area contributed by atoms with Crippen LogP contribution >= 0.6 is 34.8 Å². The Balaban J connectivity index is 1.97. The van der Waals surface area contributed by atoms with Gasteiger partial charge in [-0.15, -0.1) is 0 Å². The van der Waals surface area contributed by atoms with Crippen LogP contribution in [-0.4, -0.2) is 41.3 Å². The van der Waals surface area contributed by atoms with Crippen LogP contribution in [0.25, 0.3) is 0 Å². The highest BCUT2D eigenvalue weighted by atomic mass is 35.5. The van der Waals surface area contributed by atoms with Crippen LogP contribution in [0, 0.1) is 0 Å². The van der Waals surface area contributed by atoms with Crippen LogP contribution in [0.4, 0.5) is 4.79 Å². The second-order valence-electron chi connectivity index (χ2n) is 6.67. The molecule has 0 spiro atoms. The SMILES string of the molecule is CCO[Si](CCCNC(=O)Oc1cc(Cl)ccc1Oc1ccc(Cl)cc1Cl)(OCC)OCC. The fourth-order valence-corrected chi connectivity index (χ4v) is 6.18. The van der Waals surface area contributed by atoms with Gasteiger partial charge in [-0.3, -0.25) is 0 Å². The van der Waals surface area contributed by atoms with E-state index in [1.54, 1.807) is 30.3 Å². The number of benzene rings is 2. The molecule has 0 aliphatic rings. The standard InChI is InChI=1S/C22H28Cl3NO6Si/c1-4-28-33(29-5-2,30-6-3)13-7-12-26-22(27)32-21-15-17(24)9-11-20(21)31-19-10-8-16(23)14-18(19)25/h8-11,14-15H,4-7,12-13H2,1-3H3,(H,26,27). The van der Waals surface area contributed by atoms with Gasteiger partial charge < -0.3 is 28.1 Å². The highest BCUT2D eigenvalue weighted by molar-refractivity contribution is 6.60. The van der Waals surface area contributed by atoms with Crippen molar-refractivity contribution < 1.29 is 27.5 Å². The molecule has 2 aromatic rings. The number of hydrogen-bond acceptors (Lipinski definition) is 6. The molecular formula is C22H28Cl3NO6Si. The zero-order valence-electron chi connectivity index (χ0n) is 18.8. The molecular weight excluding hydrogens is 509 g/mol. The van der Waals surface area contributed by atoms with Gasteiger partial charge in [0.15, 0.2) is 11.5 Å². The van der Waals surface area contributed by atoms with E-state index < -0.39 is 14.9 Å². The first kappa shape index (κ1) is 27.7. The molecule has 0 saturated heterocycles. The van der Waals surface area contributed by atoms with E-state index in [9.17, 15) is 4.79 Å². The molecule has 7 nitrogen and oxygen atoms in total. The number of carbonyl (C=O) groups is 1. The van der Waals surface area contributed by atoms with Crippen LogP contribution in [0.3, 0.4) is 0 Å². The third-order valence-electron chi connectivity index (χ3n) is 4.24. The van der Waals surface area contributed by atoms with Crippen molar-refractivity contribution in [3.8, 4) is 17.2 Å². The lowest BCUT2D eigenvalue weighted by Gasteiger charge is -2.28. The zero-order valence-corrected chi connectivity index (χ0v) is 22.1. The Hall–Kier alpha value is -1.52. The fourth-order valence-electron chi connectivity index (χ4n) is 2.95. The number of nitrogens with one attached hydrogen (secondary N) is 1. The van der Waals surface area contributed by atoms with E-state index in [1.807, 2.05) is 20.8 Å². The number of amides is 1. The minimum Gasteiger partial charge on any atom is -0.452 e. The summed E-state index contributed by atoms with van der Waals surface area (Å²) in [5.74, 6) is 0.777. The lowest BCUT2D eigenvalue weighted by molar-refractivity contribution is 0.0708. The second-order valence-corrected chi connectivity index (χ2v) is 10.7. The quantitative estimate of drug-likeness (QED) is 0.220. The van der Waals surface area contributed by atoms with Crippen molar-refractivity contribution in [3.05, 3.63) is 51.5 Å². The smallest absolute Gasteiger partial charge is 0.452 e. The van der Waals surface area contributed by atoms with E-state index in [-0.39, 0.29) is 11.5 Å². The monoisotopic (exact) mass is 535 g/mol. The fraction of sp³-hybridized carbons (Fsp3) is 0.409. The number of carbonyl (C=O) groups excluding carboxylic acids is 1. The molecule has 2 aromatic carbocycles. The molecule has 0 bridgehead atoms. The van der Waals surface area contributed by atoms with Gasteiger partial charge in [0.1, 0.15) is 5.75 Å². The topological polar surface area (TPSA) is 75.3 Å². The van der Waals surface area contributed by atoms with E-state index >= 15 is 0 Å². The van der Waals surface area contributed by atoms with E-state index in [2.05, 4.69) is 5.32 Å². The maximum absolute atomic E-state index is 12.4. The summed E-state index contributed by atoms with van der Waals surface area (Å²) in [5, 5.41) is 3.89. The van der Waals surface area contributed by atoms with Crippen LogP contribution in [0.1, 0.15) is 27.2 Å². The Morgan fingerprint density at radius 2 is 1.42 bits per heavy atom. The summed E-state index contributed by atoms with van der Waals surface area (Å²) in [4.78, 5) is 12.4. The zero-order chi connectivity index (χ0) is 24.3. The molecule has 0 heterocycles. The molecule has 0 aliphatic heterocycles. The molecule has 0 aromatic heterocycles. The average molecular weight is 537 g/mol. The van der Waals surface area contributed by atoms with Crippen molar-refractivity contribution in [1.29, 1.82) is 0 Å². The third kappa shape index (κ3) is 8.97. The molecule has 0 fully saturated rings. The average Bonchev–Trinajstić information content (AvgIpc) is 2.75. The largest absolute Gasteiger partial charge is 0.500 e. The maximum Gasteiger partial charge on any atom is 0.500 e. The van der Waals surface area contributed by atoms with Gasteiger partial charge in [-0.2, -0.15) is 0 Å². The van der Waals surface area contributed by atoms with Gasteiger partial charge >= 0.3 is 14.9 Å². The predicted octanol–water partition coefficient (Wildman–Crippen LogP) is 6.97. The Kier molecular flexibility index (Phi) is 11.8. The Labute approximate surface area is 210 Å².